The van der Waals surface area contributed by atoms with E-state index in [0.29, 0.717) is 12.2 Å². The van der Waals surface area contributed by atoms with E-state index < -0.39 is 10.9 Å². The number of aromatic nitrogens is 2. The zero-order chi connectivity index (χ0) is 18.8. The molecule has 0 saturated carbocycles. The summed E-state index contributed by atoms with van der Waals surface area (Å²) < 4.78 is 6.66. The second-order valence-electron chi connectivity index (χ2n) is 5.88. The number of benzene rings is 2. The summed E-state index contributed by atoms with van der Waals surface area (Å²) in [5, 5.41) is 11.1. The third kappa shape index (κ3) is 3.08. The Morgan fingerprint density at radius 3 is 2.69 bits per heavy atom. The van der Waals surface area contributed by atoms with Crippen LogP contribution in [0.5, 0.6) is 0 Å². The number of aryl methyl sites for hydroxylation is 1. The van der Waals surface area contributed by atoms with Crippen LogP contribution in [-0.2, 0) is 18.3 Å². The number of esters is 1. The molecule has 0 unspecified atom stereocenters. The van der Waals surface area contributed by atoms with Crippen molar-refractivity contribution in [3.63, 3.8) is 0 Å². The molecule has 8 heteroatoms. The van der Waals surface area contributed by atoms with Gasteiger partial charge in [0, 0.05) is 25.8 Å². The Morgan fingerprint density at radius 2 is 2.04 bits per heavy atom. The number of carbonyl (C=O) groups is 1. The second kappa shape index (κ2) is 6.83. The first-order valence-corrected chi connectivity index (χ1v) is 7.90. The molecule has 0 radical (unpaired) electrons. The molecule has 1 aromatic heterocycles. The van der Waals surface area contributed by atoms with Gasteiger partial charge >= 0.3 is 5.97 Å². The molecule has 0 aliphatic carbocycles. The fraction of sp³-hybridized carbons (Fsp3) is 0.222. The van der Waals surface area contributed by atoms with Crippen molar-refractivity contribution >= 4 is 28.4 Å². The number of fused-ring (bicyclic) bond motifs is 1. The number of ether oxygens (including phenoxy) is 1. The molecule has 0 N–H and O–H groups in total. The van der Waals surface area contributed by atoms with Crippen LogP contribution in [0.3, 0.4) is 0 Å². The van der Waals surface area contributed by atoms with Gasteiger partial charge in [0.2, 0.25) is 0 Å². The summed E-state index contributed by atoms with van der Waals surface area (Å²) in [6.07, 6.45) is 0. The monoisotopic (exact) mass is 354 g/mol. The zero-order valence-electron chi connectivity index (χ0n) is 14.7. The average molecular weight is 354 g/mol. The topological polar surface area (TPSA) is 90.5 Å². The molecule has 0 atom stereocenters. The van der Waals surface area contributed by atoms with Gasteiger partial charge in [-0.1, -0.05) is 12.1 Å². The van der Waals surface area contributed by atoms with Crippen LogP contribution < -0.4 is 4.90 Å². The van der Waals surface area contributed by atoms with E-state index in [0.717, 1.165) is 16.9 Å². The highest BCUT2D eigenvalue weighted by Crippen LogP contribution is 2.26. The van der Waals surface area contributed by atoms with Gasteiger partial charge in [-0.05, 0) is 24.3 Å². The normalized spacial score (nSPS) is 10.7. The van der Waals surface area contributed by atoms with E-state index in [9.17, 15) is 14.9 Å². The summed E-state index contributed by atoms with van der Waals surface area (Å²) in [6.45, 7) is 0.476. The Hall–Kier alpha value is -3.42. The van der Waals surface area contributed by atoms with Crippen LogP contribution in [0.2, 0.25) is 0 Å². The molecule has 0 bridgehead atoms. The number of hydrogen-bond acceptors (Lipinski definition) is 6. The maximum atomic E-state index is 11.9. The number of rotatable bonds is 5. The molecular formula is C18H18N4O4. The third-order valence-electron chi connectivity index (χ3n) is 4.28. The molecule has 1 heterocycles. The molecule has 2 aromatic carbocycles. The number of carbonyl (C=O) groups excluding carboxylic acids is 1. The molecule has 3 aromatic rings. The molecule has 0 aliphatic rings. The van der Waals surface area contributed by atoms with E-state index in [-0.39, 0.29) is 11.3 Å². The second-order valence-corrected chi connectivity index (χ2v) is 5.88. The van der Waals surface area contributed by atoms with Gasteiger partial charge in [0.15, 0.2) is 0 Å². The van der Waals surface area contributed by atoms with Gasteiger partial charge < -0.3 is 14.2 Å². The highest BCUT2D eigenvalue weighted by molar-refractivity contribution is 5.95. The van der Waals surface area contributed by atoms with Crippen LogP contribution in [0.15, 0.2) is 42.5 Å². The van der Waals surface area contributed by atoms with Crippen molar-refractivity contribution in [1.82, 2.24) is 9.55 Å². The van der Waals surface area contributed by atoms with Gasteiger partial charge in [-0.15, -0.1) is 0 Å². The molecule has 134 valence electrons. The molecule has 0 aliphatic heterocycles. The van der Waals surface area contributed by atoms with Crippen molar-refractivity contribution in [2.24, 2.45) is 7.05 Å². The summed E-state index contributed by atoms with van der Waals surface area (Å²) in [5.41, 5.74) is 2.22. The Balaban J connectivity index is 1.94. The molecule has 8 nitrogen and oxygen atoms in total. The molecule has 0 fully saturated rings. The lowest BCUT2D eigenvalue weighted by Gasteiger charge is -2.19. The van der Waals surface area contributed by atoms with Crippen LogP contribution in [0.25, 0.3) is 11.0 Å². The first-order valence-electron chi connectivity index (χ1n) is 7.90. The highest BCUT2D eigenvalue weighted by Gasteiger charge is 2.22. The van der Waals surface area contributed by atoms with Crippen LogP contribution in [0.1, 0.15) is 16.2 Å². The number of para-hydroxylation sites is 2. The number of hydrogen-bond donors (Lipinski definition) is 0. The largest absolute Gasteiger partial charge is 0.465 e. The fourth-order valence-corrected chi connectivity index (χ4v) is 2.83. The number of imidazole rings is 1. The minimum atomic E-state index is -0.741. The van der Waals surface area contributed by atoms with E-state index in [4.69, 9.17) is 0 Å². The standard InChI is InChI=1S/C18H18N4O4/c1-20(11-17-19-14-6-4-5-7-16(14)21(17)2)12-8-9-15(22(24)25)13(10-12)18(23)26-3/h4-10H,11H2,1-3H3. The Morgan fingerprint density at radius 1 is 1.31 bits per heavy atom. The van der Waals surface area contributed by atoms with Crippen LogP contribution >= 0.6 is 0 Å². The van der Waals surface area contributed by atoms with Gasteiger partial charge in [-0.2, -0.15) is 0 Å². The summed E-state index contributed by atoms with van der Waals surface area (Å²) in [5.74, 6) is 0.0985. The first kappa shape index (κ1) is 17.4. The van der Waals surface area contributed by atoms with Crippen molar-refractivity contribution in [2.75, 3.05) is 19.1 Å². The van der Waals surface area contributed by atoms with Gasteiger partial charge in [0.1, 0.15) is 11.4 Å². The number of methoxy groups -OCH3 is 1. The van der Waals surface area contributed by atoms with E-state index in [1.165, 1.54) is 19.2 Å². The van der Waals surface area contributed by atoms with Crippen molar-refractivity contribution in [1.29, 1.82) is 0 Å². The van der Waals surface area contributed by atoms with Gasteiger partial charge in [0.25, 0.3) is 5.69 Å². The molecular weight excluding hydrogens is 336 g/mol. The number of nitrogens with zero attached hydrogens (tertiary/aromatic N) is 4. The van der Waals surface area contributed by atoms with Gasteiger partial charge in [0.05, 0.1) is 29.6 Å². The maximum absolute atomic E-state index is 11.9. The molecule has 0 amide bonds. The Labute approximate surface area is 149 Å². The lowest BCUT2D eigenvalue weighted by Crippen LogP contribution is -2.19. The van der Waals surface area contributed by atoms with Crippen molar-refractivity contribution in [3.8, 4) is 0 Å². The van der Waals surface area contributed by atoms with Crippen molar-refractivity contribution < 1.29 is 14.5 Å². The number of nitro benzene ring substituents is 1. The number of nitro groups is 1. The van der Waals surface area contributed by atoms with E-state index in [2.05, 4.69) is 9.72 Å². The van der Waals surface area contributed by atoms with Crippen molar-refractivity contribution in [3.05, 3.63) is 64.0 Å². The Bertz CT molecular complexity index is 996. The quantitative estimate of drug-likeness (QED) is 0.397. The minimum Gasteiger partial charge on any atom is -0.465 e. The van der Waals surface area contributed by atoms with Crippen molar-refractivity contribution in [2.45, 2.75) is 6.54 Å². The van der Waals surface area contributed by atoms with E-state index in [1.54, 1.807) is 6.07 Å². The zero-order valence-corrected chi connectivity index (χ0v) is 14.7. The minimum absolute atomic E-state index is 0.0770. The highest BCUT2D eigenvalue weighted by atomic mass is 16.6. The van der Waals surface area contributed by atoms with Crippen LogP contribution in [-0.4, -0.2) is 34.6 Å². The smallest absolute Gasteiger partial charge is 0.344 e. The summed E-state index contributed by atoms with van der Waals surface area (Å²) in [6, 6.07) is 12.2. The summed E-state index contributed by atoms with van der Waals surface area (Å²) in [4.78, 5) is 28.9. The fourth-order valence-electron chi connectivity index (χ4n) is 2.83. The first-order chi connectivity index (χ1) is 12.4. The van der Waals surface area contributed by atoms with Crippen LogP contribution in [0.4, 0.5) is 11.4 Å². The maximum Gasteiger partial charge on any atom is 0.344 e. The SMILES string of the molecule is COC(=O)c1cc(N(C)Cc2nc3ccccc3n2C)ccc1[N+](=O)[O-]. The average Bonchev–Trinajstić information content (AvgIpc) is 2.96. The van der Waals surface area contributed by atoms with Gasteiger partial charge in [-0.3, -0.25) is 10.1 Å². The summed E-state index contributed by atoms with van der Waals surface area (Å²) in [7, 11) is 4.97. The molecule has 3 rings (SSSR count). The lowest BCUT2D eigenvalue weighted by molar-refractivity contribution is -0.385. The van der Waals surface area contributed by atoms with Crippen LogP contribution in [0, 0.1) is 10.1 Å². The Kier molecular flexibility index (Phi) is 4.57. The predicted octanol–water partition coefficient (Wildman–Crippen LogP) is 2.90. The van der Waals surface area contributed by atoms with E-state index in [1.807, 2.05) is 47.8 Å². The molecule has 26 heavy (non-hydrogen) atoms. The summed E-state index contributed by atoms with van der Waals surface area (Å²) >= 11 is 0. The van der Waals surface area contributed by atoms with E-state index >= 15 is 0 Å². The van der Waals surface area contributed by atoms with Gasteiger partial charge in [-0.25, -0.2) is 9.78 Å². The third-order valence-corrected chi connectivity index (χ3v) is 4.28. The number of anilines is 1. The molecule has 0 spiro atoms. The lowest BCUT2D eigenvalue weighted by atomic mass is 10.1. The molecule has 0 saturated heterocycles. The predicted molar refractivity (Wildman–Crippen MR) is 97.3 cm³/mol.